The van der Waals surface area contributed by atoms with Gasteiger partial charge in [-0.25, -0.2) is 8.42 Å². The maximum atomic E-state index is 12.5. The van der Waals surface area contributed by atoms with Gasteiger partial charge in [0, 0.05) is 17.9 Å². The van der Waals surface area contributed by atoms with Gasteiger partial charge in [0.1, 0.15) is 4.90 Å². The molecule has 0 saturated carbocycles. The van der Waals surface area contributed by atoms with Gasteiger partial charge in [-0.15, -0.1) is 0 Å². The lowest BCUT2D eigenvalue weighted by Gasteiger charge is -2.19. The van der Waals surface area contributed by atoms with Gasteiger partial charge in [0.25, 0.3) is 10.0 Å². The van der Waals surface area contributed by atoms with Crippen LogP contribution < -0.4 is 10.0 Å². The maximum Gasteiger partial charge on any atom is 0.265 e. The Morgan fingerprint density at radius 1 is 1.29 bits per heavy atom. The monoisotopic (exact) mass is 306 g/mol. The molecule has 0 radical (unpaired) electrons. The molecule has 6 nitrogen and oxygen atoms in total. The molecule has 0 atom stereocenters. The van der Waals surface area contributed by atoms with E-state index in [0.717, 1.165) is 30.6 Å². The molecule has 0 aliphatic carbocycles. The largest absolute Gasteiger partial charge is 0.385 e. The van der Waals surface area contributed by atoms with Gasteiger partial charge in [-0.1, -0.05) is 0 Å². The number of nitrogens with zero attached hydrogens (tertiary/aromatic N) is 1. The highest BCUT2D eigenvalue weighted by atomic mass is 32.2. The molecule has 1 aliphatic rings. The minimum Gasteiger partial charge on any atom is -0.385 e. The van der Waals surface area contributed by atoms with E-state index in [0.29, 0.717) is 17.1 Å². The number of aromatic nitrogens is 2. The number of hydrogen-bond acceptors (Lipinski definition) is 4. The molecule has 0 saturated heterocycles. The number of rotatable bonds is 3. The highest BCUT2D eigenvalue weighted by Crippen LogP contribution is 2.27. The molecule has 0 fully saturated rings. The molecular weight excluding hydrogens is 288 g/mol. The van der Waals surface area contributed by atoms with Crippen molar-refractivity contribution in [1.29, 1.82) is 0 Å². The molecule has 0 amide bonds. The van der Waals surface area contributed by atoms with Crippen LogP contribution in [0.1, 0.15) is 23.4 Å². The number of benzene rings is 1. The molecule has 21 heavy (non-hydrogen) atoms. The van der Waals surface area contributed by atoms with Gasteiger partial charge in [-0.2, -0.15) is 5.10 Å². The normalized spacial score (nSPS) is 14.4. The number of fused-ring (bicyclic) bond motifs is 1. The lowest BCUT2D eigenvalue weighted by atomic mass is 10.0. The Kier molecular flexibility index (Phi) is 3.36. The smallest absolute Gasteiger partial charge is 0.265 e. The number of aryl methyl sites for hydroxylation is 3. The molecule has 2 heterocycles. The summed E-state index contributed by atoms with van der Waals surface area (Å²) in [5.41, 5.74) is 3.82. The average molecular weight is 306 g/mol. The van der Waals surface area contributed by atoms with E-state index in [1.807, 2.05) is 12.1 Å². The van der Waals surface area contributed by atoms with Crippen molar-refractivity contribution in [3.63, 3.8) is 0 Å². The van der Waals surface area contributed by atoms with Crippen LogP contribution in [0.4, 0.5) is 11.4 Å². The predicted molar refractivity (Wildman–Crippen MR) is 82.1 cm³/mol. The van der Waals surface area contributed by atoms with Crippen LogP contribution in [0.25, 0.3) is 0 Å². The molecule has 1 aliphatic heterocycles. The number of H-pyrrole nitrogens is 1. The van der Waals surface area contributed by atoms with Crippen LogP contribution in [0, 0.1) is 13.8 Å². The fourth-order valence-electron chi connectivity index (χ4n) is 2.68. The summed E-state index contributed by atoms with van der Waals surface area (Å²) in [6.07, 6.45) is 2.02. The van der Waals surface area contributed by atoms with Crippen LogP contribution in [0.2, 0.25) is 0 Å². The van der Waals surface area contributed by atoms with E-state index in [-0.39, 0.29) is 4.90 Å². The molecular formula is C14H18N4O2S. The van der Waals surface area contributed by atoms with Crippen molar-refractivity contribution in [2.45, 2.75) is 31.6 Å². The van der Waals surface area contributed by atoms with Crippen LogP contribution in [0.5, 0.6) is 0 Å². The van der Waals surface area contributed by atoms with E-state index in [2.05, 4.69) is 20.2 Å². The molecule has 0 bridgehead atoms. The minimum atomic E-state index is -3.62. The zero-order valence-electron chi connectivity index (χ0n) is 12.0. The van der Waals surface area contributed by atoms with E-state index in [1.165, 1.54) is 0 Å². The third-order valence-corrected chi connectivity index (χ3v) is 5.27. The Morgan fingerprint density at radius 2 is 2.10 bits per heavy atom. The molecule has 2 aromatic rings. The summed E-state index contributed by atoms with van der Waals surface area (Å²) in [7, 11) is -3.62. The van der Waals surface area contributed by atoms with Gasteiger partial charge in [0.15, 0.2) is 0 Å². The fraction of sp³-hybridized carbons (Fsp3) is 0.357. The minimum absolute atomic E-state index is 0.221. The number of sulfonamides is 1. The van der Waals surface area contributed by atoms with Crippen LogP contribution in [0.15, 0.2) is 23.1 Å². The van der Waals surface area contributed by atoms with Crippen molar-refractivity contribution >= 4 is 21.4 Å². The molecule has 7 heteroatoms. The van der Waals surface area contributed by atoms with E-state index >= 15 is 0 Å². The van der Waals surface area contributed by atoms with Crippen molar-refractivity contribution < 1.29 is 8.42 Å². The van der Waals surface area contributed by atoms with Crippen molar-refractivity contribution in [3.8, 4) is 0 Å². The number of nitrogens with one attached hydrogen (secondary N) is 3. The van der Waals surface area contributed by atoms with Crippen LogP contribution in [-0.4, -0.2) is 25.2 Å². The Balaban J connectivity index is 1.93. The first-order valence-corrected chi connectivity index (χ1v) is 8.37. The molecule has 112 valence electrons. The van der Waals surface area contributed by atoms with Crippen LogP contribution >= 0.6 is 0 Å². The topological polar surface area (TPSA) is 86.9 Å². The van der Waals surface area contributed by atoms with Gasteiger partial charge in [-0.3, -0.25) is 9.82 Å². The van der Waals surface area contributed by atoms with Gasteiger partial charge >= 0.3 is 0 Å². The van der Waals surface area contributed by atoms with E-state index in [1.54, 1.807) is 19.9 Å². The fourth-order valence-corrected chi connectivity index (χ4v) is 4.10. The second-order valence-corrected chi connectivity index (χ2v) is 6.89. The van der Waals surface area contributed by atoms with Gasteiger partial charge in [0.2, 0.25) is 0 Å². The third kappa shape index (κ3) is 2.61. The zero-order chi connectivity index (χ0) is 15.0. The lowest BCUT2D eigenvalue weighted by Crippen LogP contribution is -2.16. The highest BCUT2D eigenvalue weighted by molar-refractivity contribution is 7.92. The predicted octanol–water partition coefficient (Wildman–Crippen LogP) is 2.19. The SMILES string of the molecule is Cc1n[nH]c(C)c1S(=O)(=O)Nc1ccc2c(c1)CCCN2. The van der Waals surface area contributed by atoms with Crippen molar-refractivity contribution in [1.82, 2.24) is 10.2 Å². The molecule has 0 spiro atoms. The average Bonchev–Trinajstić information content (AvgIpc) is 2.78. The molecule has 1 aromatic carbocycles. The summed E-state index contributed by atoms with van der Waals surface area (Å²) in [5.74, 6) is 0. The molecule has 1 aromatic heterocycles. The van der Waals surface area contributed by atoms with Crippen LogP contribution in [0.3, 0.4) is 0 Å². The number of aromatic amines is 1. The Morgan fingerprint density at radius 3 is 2.81 bits per heavy atom. The summed E-state index contributed by atoms with van der Waals surface area (Å²) in [6.45, 7) is 4.34. The van der Waals surface area contributed by atoms with Gasteiger partial charge in [-0.05, 0) is 50.5 Å². The summed E-state index contributed by atoms with van der Waals surface area (Å²) in [4.78, 5) is 0.221. The van der Waals surface area contributed by atoms with Gasteiger partial charge < -0.3 is 5.32 Å². The van der Waals surface area contributed by atoms with Crippen molar-refractivity contribution in [2.75, 3.05) is 16.6 Å². The third-order valence-electron chi connectivity index (χ3n) is 3.63. The molecule has 3 rings (SSSR count). The van der Waals surface area contributed by atoms with Crippen LogP contribution in [-0.2, 0) is 16.4 Å². The summed E-state index contributed by atoms with van der Waals surface area (Å²) < 4.78 is 27.6. The molecule has 0 unspecified atom stereocenters. The first kappa shape index (κ1) is 13.9. The standard InChI is InChI=1S/C14H18N4O2S/c1-9-14(10(2)17-16-9)21(19,20)18-12-5-6-13-11(8-12)4-3-7-15-13/h5-6,8,15,18H,3-4,7H2,1-2H3,(H,16,17). The first-order valence-electron chi connectivity index (χ1n) is 6.88. The summed E-state index contributed by atoms with van der Waals surface area (Å²) >= 11 is 0. The Hall–Kier alpha value is -2.02. The second-order valence-electron chi connectivity index (χ2n) is 5.27. The Bertz CT molecular complexity index is 761. The number of hydrogen-bond donors (Lipinski definition) is 3. The quantitative estimate of drug-likeness (QED) is 0.811. The first-order chi connectivity index (χ1) is 9.97. The van der Waals surface area contributed by atoms with Gasteiger partial charge in [0.05, 0.1) is 11.4 Å². The molecule has 3 N–H and O–H groups in total. The Labute approximate surface area is 124 Å². The zero-order valence-corrected chi connectivity index (χ0v) is 12.8. The van der Waals surface area contributed by atoms with E-state index in [4.69, 9.17) is 0 Å². The summed E-state index contributed by atoms with van der Waals surface area (Å²) in [6, 6.07) is 5.59. The van der Waals surface area contributed by atoms with Crippen molar-refractivity contribution in [2.24, 2.45) is 0 Å². The summed E-state index contributed by atoms with van der Waals surface area (Å²) in [5, 5.41) is 9.95. The second kappa shape index (κ2) is 5.07. The number of anilines is 2. The van der Waals surface area contributed by atoms with E-state index < -0.39 is 10.0 Å². The van der Waals surface area contributed by atoms with E-state index in [9.17, 15) is 8.42 Å². The van der Waals surface area contributed by atoms with Crippen molar-refractivity contribution in [3.05, 3.63) is 35.2 Å². The maximum absolute atomic E-state index is 12.5. The lowest BCUT2D eigenvalue weighted by molar-refractivity contribution is 0.600. The highest BCUT2D eigenvalue weighted by Gasteiger charge is 2.22.